The Morgan fingerprint density at radius 2 is 1.78 bits per heavy atom. The van der Waals surface area contributed by atoms with Crippen LogP contribution in [0.4, 0.5) is 5.82 Å². The summed E-state index contributed by atoms with van der Waals surface area (Å²) < 4.78 is 0. The number of β-amino-alcohol motifs (C(OH)–C–C–N with tert-alkyl or cyclic N) is 1. The average Bonchev–Trinajstić information content (AvgIpc) is 3.05. The van der Waals surface area contributed by atoms with Gasteiger partial charge in [-0.3, -0.25) is 4.90 Å². The Balaban J connectivity index is 1.35. The molecular weight excluding hydrogens is 288 g/mol. The topological polar surface area (TPSA) is 52.5 Å². The predicted octanol–water partition coefficient (Wildman–Crippen LogP) is 1.85. The highest BCUT2D eigenvalue weighted by atomic mass is 16.3. The fraction of sp³-hybridized carbons (Fsp3) is 0.778. The lowest BCUT2D eigenvalue weighted by atomic mass is 9.84. The summed E-state index contributed by atoms with van der Waals surface area (Å²) in [5.41, 5.74) is 0.619. The first-order chi connectivity index (χ1) is 11.1. The lowest BCUT2D eigenvalue weighted by Gasteiger charge is -2.36. The molecule has 126 valence electrons. The molecule has 0 bridgehead atoms. The van der Waals surface area contributed by atoms with Crippen molar-refractivity contribution in [2.45, 2.75) is 44.6 Å². The van der Waals surface area contributed by atoms with Gasteiger partial charge >= 0.3 is 0 Å². The molecule has 4 rings (SSSR count). The van der Waals surface area contributed by atoms with E-state index in [2.05, 4.69) is 25.8 Å². The van der Waals surface area contributed by atoms with Crippen LogP contribution in [0.15, 0.2) is 12.4 Å². The van der Waals surface area contributed by atoms with E-state index in [1.165, 1.54) is 19.3 Å². The number of fused-ring (bicyclic) bond motifs is 1. The summed E-state index contributed by atoms with van der Waals surface area (Å²) in [6.07, 6.45) is 7.33. The van der Waals surface area contributed by atoms with Gasteiger partial charge in [-0.05, 0) is 31.6 Å². The maximum atomic E-state index is 10.8. The van der Waals surface area contributed by atoms with Gasteiger partial charge in [0.05, 0.1) is 5.60 Å². The average molecular weight is 316 g/mol. The van der Waals surface area contributed by atoms with Crippen molar-refractivity contribution in [3.8, 4) is 0 Å². The summed E-state index contributed by atoms with van der Waals surface area (Å²) in [5, 5.41) is 10.8. The molecule has 0 amide bonds. The third kappa shape index (κ3) is 3.22. The molecule has 1 aliphatic carbocycles. The zero-order valence-electron chi connectivity index (χ0n) is 14.1. The minimum atomic E-state index is -0.416. The second-order valence-electron chi connectivity index (χ2n) is 7.92. The van der Waals surface area contributed by atoms with Crippen molar-refractivity contribution in [3.63, 3.8) is 0 Å². The number of aromatic nitrogens is 2. The SMILES string of the molecule is Cc1cc(N2CC3CN(CC4(O)CCCCC4)CC3C2)ncn1. The van der Waals surface area contributed by atoms with Crippen molar-refractivity contribution in [1.82, 2.24) is 14.9 Å². The normalized spacial score (nSPS) is 30.6. The van der Waals surface area contributed by atoms with E-state index in [4.69, 9.17) is 0 Å². The molecule has 5 heteroatoms. The number of anilines is 1. The quantitative estimate of drug-likeness (QED) is 0.922. The summed E-state index contributed by atoms with van der Waals surface area (Å²) >= 11 is 0. The molecule has 0 radical (unpaired) electrons. The molecule has 1 aromatic heterocycles. The van der Waals surface area contributed by atoms with Crippen LogP contribution in [-0.2, 0) is 0 Å². The summed E-state index contributed by atoms with van der Waals surface area (Å²) in [4.78, 5) is 13.6. The minimum absolute atomic E-state index is 0.416. The number of aliphatic hydroxyl groups is 1. The van der Waals surface area contributed by atoms with Crippen LogP contribution < -0.4 is 4.90 Å². The fourth-order valence-electron chi connectivity index (χ4n) is 4.80. The van der Waals surface area contributed by atoms with Crippen LogP contribution in [0.5, 0.6) is 0 Å². The molecule has 2 atom stereocenters. The van der Waals surface area contributed by atoms with Gasteiger partial charge in [-0.2, -0.15) is 0 Å². The summed E-state index contributed by atoms with van der Waals surface area (Å²) in [6.45, 7) is 7.36. The number of aryl methyl sites for hydroxylation is 1. The van der Waals surface area contributed by atoms with Gasteiger partial charge in [-0.25, -0.2) is 9.97 Å². The van der Waals surface area contributed by atoms with Gasteiger partial charge in [-0.15, -0.1) is 0 Å². The van der Waals surface area contributed by atoms with Crippen LogP contribution in [0.1, 0.15) is 37.8 Å². The smallest absolute Gasteiger partial charge is 0.132 e. The molecule has 3 heterocycles. The number of hydrogen-bond acceptors (Lipinski definition) is 5. The third-order valence-electron chi connectivity index (χ3n) is 5.98. The number of hydrogen-bond donors (Lipinski definition) is 1. The first-order valence-corrected chi connectivity index (χ1v) is 9.10. The van der Waals surface area contributed by atoms with E-state index >= 15 is 0 Å². The molecule has 2 unspecified atom stereocenters. The number of rotatable bonds is 3. The zero-order valence-corrected chi connectivity index (χ0v) is 14.1. The van der Waals surface area contributed by atoms with Crippen LogP contribution in [0.25, 0.3) is 0 Å². The molecule has 1 saturated carbocycles. The molecule has 5 nitrogen and oxygen atoms in total. The van der Waals surface area contributed by atoms with Crippen LogP contribution in [0.3, 0.4) is 0 Å². The number of nitrogens with zero attached hydrogens (tertiary/aromatic N) is 4. The predicted molar refractivity (Wildman–Crippen MR) is 90.4 cm³/mol. The van der Waals surface area contributed by atoms with Crippen molar-refractivity contribution in [2.24, 2.45) is 11.8 Å². The molecule has 2 saturated heterocycles. The standard InChI is InChI=1S/C18H28N4O/c1-14-7-17(20-13-19-14)22-10-15-8-21(9-16(15)11-22)12-18(23)5-3-2-4-6-18/h7,13,15-16,23H,2-6,8-12H2,1H3. The molecule has 23 heavy (non-hydrogen) atoms. The fourth-order valence-corrected chi connectivity index (χ4v) is 4.80. The van der Waals surface area contributed by atoms with Crippen LogP contribution >= 0.6 is 0 Å². The van der Waals surface area contributed by atoms with Gasteiger partial charge in [-0.1, -0.05) is 19.3 Å². The van der Waals surface area contributed by atoms with E-state index in [0.717, 1.165) is 68.9 Å². The van der Waals surface area contributed by atoms with E-state index in [1.807, 2.05) is 6.92 Å². The van der Waals surface area contributed by atoms with Crippen LogP contribution in [0, 0.1) is 18.8 Å². The van der Waals surface area contributed by atoms with Gasteiger partial charge in [0.1, 0.15) is 12.1 Å². The highest BCUT2D eigenvalue weighted by molar-refractivity contribution is 5.40. The van der Waals surface area contributed by atoms with E-state index < -0.39 is 5.60 Å². The van der Waals surface area contributed by atoms with Gasteiger partial charge < -0.3 is 10.0 Å². The Labute approximate surface area is 138 Å². The van der Waals surface area contributed by atoms with Crippen molar-refractivity contribution in [2.75, 3.05) is 37.6 Å². The van der Waals surface area contributed by atoms with Crippen molar-refractivity contribution < 1.29 is 5.11 Å². The lowest BCUT2D eigenvalue weighted by molar-refractivity contribution is -0.0226. The second-order valence-corrected chi connectivity index (χ2v) is 7.92. The third-order valence-corrected chi connectivity index (χ3v) is 5.98. The maximum Gasteiger partial charge on any atom is 0.132 e. The molecule has 1 aromatic rings. The Hall–Kier alpha value is -1.20. The van der Waals surface area contributed by atoms with Gasteiger partial charge in [0, 0.05) is 44.5 Å². The van der Waals surface area contributed by atoms with Crippen molar-refractivity contribution in [3.05, 3.63) is 18.1 Å². The molecule has 3 fully saturated rings. The molecule has 2 aliphatic heterocycles. The van der Waals surface area contributed by atoms with E-state index in [-0.39, 0.29) is 0 Å². The lowest BCUT2D eigenvalue weighted by Crippen LogP contribution is -2.44. The van der Waals surface area contributed by atoms with Crippen LogP contribution in [-0.4, -0.2) is 58.3 Å². The first-order valence-electron chi connectivity index (χ1n) is 9.10. The Bertz CT molecular complexity index is 544. The molecular formula is C18H28N4O. The highest BCUT2D eigenvalue weighted by Gasteiger charge is 2.42. The first kappa shape index (κ1) is 15.3. The molecule has 0 spiro atoms. The van der Waals surface area contributed by atoms with E-state index in [0.29, 0.717) is 0 Å². The highest BCUT2D eigenvalue weighted by Crippen LogP contribution is 2.36. The zero-order chi connectivity index (χ0) is 15.9. The largest absolute Gasteiger partial charge is 0.389 e. The maximum absolute atomic E-state index is 10.8. The summed E-state index contributed by atoms with van der Waals surface area (Å²) in [7, 11) is 0. The van der Waals surface area contributed by atoms with Gasteiger partial charge in [0.25, 0.3) is 0 Å². The van der Waals surface area contributed by atoms with Gasteiger partial charge in [0.2, 0.25) is 0 Å². The van der Waals surface area contributed by atoms with E-state index in [9.17, 15) is 5.11 Å². The van der Waals surface area contributed by atoms with Gasteiger partial charge in [0.15, 0.2) is 0 Å². The molecule has 1 N–H and O–H groups in total. The van der Waals surface area contributed by atoms with E-state index in [1.54, 1.807) is 6.33 Å². The van der Waals surface area contributed by atoms with Crippen molar-refractivity contribution in [1.29, 1.82) is 0 Å². The summed E-state index contributed by atoms with van der Waals surface area (Å²) in [5.74, 6) is 2.51. The second kappa shape index (κ2) is 6.02. The Morgan fingerprint density at radius 3 is 2.43 bits per heavy atom. The molecule has 3 aliphatic rings. The Morgan fingerprint density at radius 1 is 1.09 bits per heavy atom. The monoisotopic (exact) mass is 316 g/mol. The number of likely N-dealkylation sites (tertiary alicyclic amines) is 1. The molecule has 0 aromatic carbocycles. The minimum Gasteiger partial charge on any atom is -0.389 e. The summed E-state index contributed by atoms with van der Waals surface area (Å²) in [6, 6.07) is 2.09. The van der Waals surface area contributed by atoms with Crippen LogP contribution in [0.2, 0.25) is 0 Å². The van der Waals surface area contributed by atoms with Crippen molar-refractivity contribution >= 4 is 5.82 Å². The Kier molecular flexibility index (Phi) is 4.01.